The zero-order valence-corrected chi connectivity index (χ0v) is 15.2. The predicted octanol–water partition coefficient (Wildman–Crippen LogP) is 2.89. The summed E-state index contributed by atoms with van der Waals surface area (Å²) < 4.78 is 5.23. The average Bonchev–Trinajstić information content (AvgIpc) is 2.66. The van der Waals surface area contributed by atoms with Crippen molar-refractivity contribution in [1.29, 1.82) is 0 Å². The number of quaternary nitrogens is 1. The topological polar surface area (TPSA) is 72.8 Å². The van der Waals surface area contributed by atoms with Crippen LogP contribution in [0, 0.1) is 5.21 Å². The lowest BCUT2D eigenvalue weighted by atomic mass is 10.1. The number of aliphatic hydroxyl groups is 2. The molecule has 2 aromatic rings. The van der Waals surface area contributed by atoms with Crippen molar-refractivity contribution in [2.24, 2.45) is 0 Å². The third-order valence-corrected chi connectivity index (χ3v) is 4.47. The Morgan fingerprint density at radius 3 is 2.00 bits per heavy atom. The summed E-state index contributed by atoms with van der Waals surface area (Å²) in [6, 6.07) is 18.1. The molecule has 2 N–H and O–H groups in total. The molecule has 0 radical (unpaired) electrons. The number of nitrogens with zero attached hydrogens (tertiary/aromatic N) is 1. The summed E-state index contributed by atoms with van der Waals surface area (Å²) in [7, 11) is 0. The Kier molecular flexibility index (Phi) is 8.58. The molecule has 0 atom stereocenters. The number of benzene rings is 2. The maximum Gasteiger partial charge on any atom is 0.119 e. The monoisotopic (exact) mass is 359 g/mol. The highest BCUT2D eigenvalue weighted by Gasteiger charge is 2.14. The molecule has 5 nitrogen and oxygen atoms in total. The van der Waals surface area contributed by atoms with Gasteiger partial charge < -0.3 is 24.8 Å². The minimum atomic E-state index is -0.511. The Balaban J connectivity index is 1.71. The summed E-state index contributed by atoms with van der Waals surface area (Å²) in [5, 5.41) is 30.3. The fourth-order valence-corrected chi connectivity index (χ4v) is 2.91. The van der Waals surface area contributed by atoms with E-state index in [-0.39, 0.29) is 26.3 Å². The lowest BCUT2D eigenvalue weighted by Gasteiger charge is -2.42. The van der Waals surface area contributed by atoms with Gasteiger partial charge in [-0.2, -0.15) is 0 Å². The van der Waals surface area contributed by atoms with Gasteiger partial charge in [0.05, 0.1) is 19.8 Å². The van der Waals surface area contributed by atoms with Gasteiger partial charge in [0.2, 0.25) is 0 Å². The van der Waals surface area contributed by atoms with Crippen LogP contribution in [0.1, 0.15) is 24.0 Å². The van der Waals surface area contributed by atoms with Gasteiger partial charge in [0, 0.05) is 0 Å². The maximum absolute atomic E-state index is 12.4. The van der Waals surface area contributed by atoms with Crippen molar-refractivity contribution in [3.63, 3.8) is 0 Å². The molecule has 0 fully saturated rings. The van der Waals surface area contributed by atoms with Crippen molar-refractivity contribution in [3.8, 4) is 5.75 Å². The highest BCUT2D eigenvalue weighted by atomic mass is 16.5. The first kappa shape index (κ1) is 20.4. The summed E-state index contributed by atoms with van der Waals surface area (Å²) in [6.07, 6.45) is 2.61. The summed E-state index contributed by atoms with van der Waals surface area (Å²) in [4.78, 5) is 0. The Morgan fingerprint density at radius 1 is 0.769 bits per heavy atom. The van der Waals surface area contributed by atoms with E-state index in [1.807, 2.05) is 30.3 Å². The van der Waals surface area contributed by atoms with Crippen LogP contribution in [0.4, 0.5) is 0 Å². The van der Waals surface area contributed by atoms with Gasteiger partial charge in [0.15, 0.2) is 0 Å². The van der Waals surface area contributed by atoms with Crippen molar-refractivity contribution in [1.82, 2.24) is 0 Å². The largest absolute Gasteiger partial charge is 0.633 e. The molecule has 0 bridgehead atoms. The van der Waals surface area contributed by atoms with Gasteiger partial charge in [-0.3, -0.25) is 0 Å². The molecule has 142 valence electrons. The fourth-order valence-electron chi connectivity index (χ4n) is 2.91. The van der Waals surface area contributed by atoms with Crippen LogP contribution in [0.3, 0.4) is 0 Å². The zero-order chi connectivity index (χ0) is 18.7. The molecule has 0 aliphatic heterocycles. The van der Waals surface area contributed by atoms with E-state index in [1.165, 1.54) is 5.56 Å². The number of unbranched alkanes of at least 4 members (excludes halogenated alkanes) is 1. The van der Waals surface area contributed by atoms with Gasteiger partial charge in [0.25, 0.3) is 0 Å². The van der Waals surface area contributed by atoms with Crippen LogP contribution in [0.2, 0.25) is 0 Å². The summed E-state index contributed by atoms with van der Waals surface area (Å²) in [6.45, 7) is 0.992. The molecule has 2 rings (SSSR count). The second-order valence-corrected chi connectivity index (χ2v) is 6.55. The van der Waals surface area contributed by atoms with Crippen LogP contribution in [-0.4, -0.2) is 47.7 Å². The number of ether oxygens (including phenoxy) is 1. The van der Waals surface area contributed by atoms with Gasteiger partial charge in [0.1, 0.15) is 25.4 Å². The minimum absolute atomic E-state index is 0.143. The standard InChI is InChI=1S/C21H29NO4/c23-16-14-22(25,15-17-24)13-5-4-6-19-9-11-20(12-10-19)18-26-21-7-2-1-3-8-21/h1-3,7-12,23-24H,4-6,13-18H2. The highest BCUT2D eigenvalue weighted by molar-refractivity contribution is 5.24. The molecule has 0 unspecified atom stereocenters. The van der Waals surface area contributed by atoms with Crippen LogP contribution >= 0.6 is 0 Å². The van der Waals surface area contributed by atoms with E-state index in [0.29, 0.717) is 13.2 Å². The van der Waals surface area contributed by atoms with Gasteiger partial charge >= 0.3 is 0 Å². The first-order valence-electron chi connectivity index (χ1n) is 9.20. The molecule has 0 aliphatic carbocycles. The van der Waals surface area contributed by atoms with Crippen molar-refractivity contribution < 1.29 is 19.6 Å². The summed E-state index contributed by atoms with van der Waals surface area (Å²) >= 11 is 0. The predicted molar refractivity (Wildman–Crippen MR) is 103 cm³/mol. The van der Waals surface area contributed by atoms with Gasteiger partial charge in [-0.15, -0.1) is 0 Å². The molecule has 0 spiro atoms. The van der Waals surface area contributed by atoms with Crippen LogP contribution in [0.5, 0.6) is 5.75 Å². The van der Waals surface area contributed by atoms with Crippen LogP contribution in [-0.2, 0) is 13.0 Å². The summed E-state index contributed by atoms with van der Waals surface area (Å²) in [5.74, 6) is 0.863. The molecular formula is C21H29NO4. The van der Waals surface area contributed by atoms with E-state index >= 15 is 0 Å². The number of hydroxylamine groups is 3. The smallest absolute Gasteiger partial charge is 0.119 e. The Labute approximate surface area is 155 Å². The number of hydrogen-bond donors (Lipinski definition) is 2. The van der Waals surface area contributed by atoms with Crippen LogP contribution in [0.25, 0.3) is 0 Å². The Hall–Kier alpha value is -1.92. The Morgan fingerprint density at radius 2 is 1.38 bits per heavy atom. The number of hydrogen-bond acceptors (Lipinski definition) is 4. The molecule has 0 aliphatic rings. The molecule has 0 saturated carbocycles. The normalized spacial score (nSPS) is 11.5. The average molecular weight is 359 g/mol. The van der Waals surface area contributed by atoms with Gasteiger partial charge in [-0.25, -0.2) is 0 Å². The van der Waals surface area contributed by atoms with Crippen molar-refractivity contribution >= 4 is 0 Å². The van der Waals surface area contributed by atoms with Crippen molar-refractivity contribution in [2.45, 2.75) is 25.9 Å². The molecule has 0 amide bonds. The molecule has 2 aromatic carbocycles. The van der Waals surface area contributed by atoms with E-state index in [0.717, 1.165) is 30.6 Å². The molecule has 0 saturated heterocycles. The zero-order valence-electron chi connectivity index (χ0n) is 15.2. The molecule has 5 heteroatoms. The van der Waals surface area contributed by atoms with E-state index in [4.69, 9.17) is 14.9 Å². The number of para-hydroxylation sites is 1. The van der Waals surface area contributed by atoms with Crippen molar-refractivity contribution in [3.05, 3.63) is 70.9 Å². The lowest BCUT2D eigenvalue weighted by Crippen LogP contribution is -2.47. The maximum atomic E-state index is 12.4. The van der Waals surface area contributed by atoms with E-state index in [9.17, 15) is 5.21 Å². The quantitative estimate of drug-likeness (QED) is 0.347. The summed E-state index contributed by atoms with van der Waals surface area (Å²) in [5.41, 5.74) is 2.36. The molecule has 0 heterocycles. The molecule has 26 heavy (non-hydrogen) atoms. The molecule has 0 aromatic heterocycles. The van der Waals surface area contributed by atoms with E-state index in [2.05, 4.69) is 24.3 Å². The SMILES string of the molecule is [O-][N+](CCO)(CCO)CCCCc1ccc(COc2ccccc2)cc1. The number of aryl methyl sites for hydroxylation is 1. The van der Waals surface area contributed by atoms with Gasteiger partial charge in [-0.1, -0.05) is 42.5 Å². The second-order valence-electron chi connectivity index (χ2n) is 6.55. The van der Waals surface area contributed by atoms with Crippen molar-refractivity contribution in [2.75, 3.05) is 32.8 Å². The lowest BCUT2D eigenvalue weighted by molar-refractivity contribution is -0.881. The fraction of sp³-hybridized carbons (Fsp3) is 0.429. The van der Waals surface area contributed by atoms with Gasteiger partial charge in [-0.05, 0) is 42.5 Å². The minimum Gasteiger partial charge on any atom is -0.633 e. The van der Waals surface area contributed by atoms with E-state index in [1.54, 1.807) is 0 Å². The first-order valence-corrected chi connectivity index (χ1v) is 9.20. The second kappa shape index (κ2) is 10.9. The number of aliphatic hydroxyl groups excluding tert-OH is 2. The third kappa shape index (κ3) is 7.14. The Bertz CT molecular complexity index is 610. The number of rotatable bonds is 12. The van der Waals surface area contributed by atoms with E-state index < -0.39 is 4.65 Å². The van der Waals surface area contributed by atoms with Crippen LogP contribution < -0.4 is 4.74 Å². The van der Waals surface area contributed by atoms with Crippen LogP contribution in [0.15, 0.2) is 54.6 Å². The highest BCUT2D eigenvalue weighted by Crippen LogP contribution is 2.14. The molecular weight excluding hydrogens is 330 g/mol. The first-order chi connectivity index (χ1) is 12.6. The third-order valence-electron chi connectivity index (χ3n) is 4.47.